The molecule has 0 unspecified atom stereocenters. The molecule has 0 aliphatic carbocycles. The fourth-order valence-electron chi connectivity index (χ4n) is 0.159. The van der Waals surface area contributed by atoms with Crippen LogP contribution in [0.1, 0.15) is 0 Å². The second-order valence-corrected chi connectivity index (χ2v) is 1.10. The van der Waals surface area contributed by atoms with Crippen molar-refractivity contribution in [1.82, 2.24) is 5.43 Å². The van der Waals surface area contributed by atoms with Crippen molar-refractivity contribution in [3.63, 3.8) is 0 Å². The Morgan fingerprint density at radius 1 is 1.62 bits per heavy atom. The van der Waals surface area contributed by atoms with Crippen molar-refractivity contribution in [2.45, 2.75) is 0 Å². The number of rotatable bonds is 1. The summed E-state index contributed by atoms with van der Waals surface area (Å²) in [6.45, 7) is 0. The summed E-state index contributed by atoms with van der Waals surface area (Å²) in [7, 11) is 0. The normalized spacial score (nSPS) is 10.9. The molecule has 0 fully saturated rings. The van der Waals surface area contributed by atoms with Crippen molar-refractivity contribution in [3.05, 3.63) is 11.9 Å². The smallest absolute Gasteiger partial charge is 0.282 e. The Balaban J connectivity index is 3.83. The first-order valence-electron chi connectivity index (χ1n) is 1.90. The van der Waals surface area contributed by atoms with Gasteiger partial charge < -0.3 is 11.5 Å². The molecule has 0 heterocycles. The maximum Gasteiger partial charge on any atom is 0.282 e. The lowest BCUT2D eigenvalue weighted by Gasteiger charge is -1.94. The van der Waals surface area contributed by atoms with E-state index in [1.54, 1.807) is 5.43 Å². The van der Waals surface area contributed by atoms with Gasteiger partial charge >= 0.3 is 0 Å². The van der Waals surface area contributed by atoms with Crippen molar-refractivity contribution in [2.75, 3.05) is 0 Å². The monoisotopic (exact) mass is 116 g/mol. The highest BCUT2D eigenvalue weighted by Gasteiger charge is 1.97. The van der Waals surface area contributed by atoms with E-state index in [4.69, 9.17) is 11.5 Å². The number of hydrogen-bond donors (Lipinski definition) is 4. The Morgan fingerprint density at radius 3 is 2.25 bits per heavy atom. The van der Waals surface area contributed by atoms with E-state index in [0.29, 0.717) is 0 Å². The molecule has 0 atom stereocenters. The van der Waals surface area contributed by atoms with Crippen LogP contribution >= 0.6 is 0 Å². The molecular weight excluding hydrogens is 108 g/mol. The minimum Gasteiger partial charge on any atom is -0.403 e. The third-order valence-corrected chi connectivity index (χ3v) is 0.573. The summed E-state index contributed by atoms with van der Waals surface area (Å²) in [4.78, 5) is 10.2. The van der Waals surface area contributed by atoms with E-state index in [9.17, 15) is 4.79 Å². The van der Waals surface area contributed by atoms with E-state index >= 15 is 0 Å². The second kappa shape index (κ2) is 2.86. The molecular formula is C3H8N4O. The number of nitrogens with two attached hydrogens (primary N) is 3. The minimum absolute atomic E-state index is 0.0903. The van der Waals surface area contributed by atoms with Gasteiger partial charge in [0.1, 0.15) is 5.70 Å². The van der Waals surface area contributed by atoms with E-state index in [1.807, 2.05) is 0 Å². The number of nitrogens with one attached hydrogen (secondary N) is 1. The number of hydrogen-bond acceptors (Lipinski definition) is 4. The maximum atomic E-state index is 10.2. The van der Waals surface area contributed by atoms with Crippen LogP contribution in [0.3, 0.4) is 0 Å². The van der Waals surface area contributed by atoms with Crippen LogP contribution in [0.25, 0.3) is 0 Å². The van der Waals surface area contributed by atoms with E-state index < -0.39 is 5.91 Å². The van der Waals surface area contributed by atoms with E-state index in [0.717, 1.165) is 6.20 Å². The minimum atomic E-state index is -0.576. The van der Waals surface area contributed by atoms with Crippen LogP contribution in [0.15, 0.2) is 11.9 Å². The summed E-state index contributed by atoms with van der Waals surface area (Å²) in [6.07, 6.45) is 0.974. The van der Waals surface area contributed by atoms with Crippen molar-refractivity contribution < 1.29 is 4.79 Å². The van der Waals surface area contributed by atoms with Crippen molar-refractivity contribution in [2.24, 2.45) is 17.3 Å². The summed E-state index contributed by atoms with van der Waals surface area (Å²) in [6, 6.07) is 0. The Bertz CT molecular complexity index is 118. The molecule has 7 N–H and O–H groups in total. The molecule has 5 heteroatoms. The Morgan fingerprint density at radius 2 is 2.12 bits per heavy atom. The van der Waals surface area contributed by atoms with Gasteiger partial charge in [-0.3, -0.25) is 10.2 Å². The Kier molecular flexibility index (Phi) is 2.42. The van der Waals surface area contributed by atoms with Gasteiger partial charge in [-0.1, -0.05) is 0 Å². The van der Waals surface area contributed by atoms with Crippen LogP contribution < -0.4 is 22.7 Å². The van der Waals surface area contributed by atoms with Crippen LogP contribution in [0.2, 0.25) is 0 Å². The molecule has 0 radical (unpaired) electrons. The van der Waals surface area contributed by atoms with E-state index in [1.165, 1.54) is 0 Å². The molecule has 0 aliphatic heterocycles. The summed E-state index contributed by atoms with van der Waals surface area (Å²) >= 11 is 0. The molecule has 8 heavy (non-hydrogen) atoms. The van der Waals surface area contributed by atoms with Crippen LogP contribution in [0.5, 0.6) is 0 Å². The van der Waals surface area contributed by atoms with Crippen LogP contribution in [-0.4, -0.2) is 5.91 Å². The lowest BCUT2D eigenvalue weighted by molar-refractivity contribution is -0.117. The molecule has 0 saturated heterocycles. The van der Waals surface area contributed by atoms with Crippen molar-refractivity contribution >= 4 is 5.91 Å². The van der Waals surface area contributed by atoms with Gasteiger partial charge in [-0.15, -0.1) is 0 Å². The molecule has 0 rings (SSSR count). The molecule has 0 aromatic rings. The SMILES string of the molecule is N/C=C(\N)C(=O)NN. The van der Waals surface area contributed by atoms with Gasteiger partial charge in [0.15, 0.2) is 0 Å². The zero-order chi connectivity index (χ0) is 6.57. The molecule has 0 aliphatic rings. The highest BCUT2D eigenvalue weighted by atomic mass is 16.2. The van der Waals surface area contributed by atoms with Gasteiger partial charge in [0.25, 0.3) is 5.91 Å². The van der Waals surface area contributed by atoms with Gasteiger partial charge in [0.05, 0.1) is 0 Å². The second-order valence-electron chi connectivity index (χ2n) is 1.10. The number of carbonyl (C=O) groups is 1. The summed E-state index contributed by atoms with van der Waals surface area (Å²) in [5.41, 5.74) is 11.5. The molecule has 1 amide bonds. The molecule has 46 valence electrons. The lowest BCUT2D eigenvalue weighted by atomic mass is 10.5. The topological polar surface area (TPSA) is 107 Å². The van der Waals surface area contributed by atoms with Crippen molar-refractivity contribution in [3.8, 4) is 0 Å². The summed E-state index contributed by atoms with van der Waals surface area (Å²) in [5.74, 6) is 4.10. The first-order valence-corrected chi connectivity index (χ1v) is 1.90. The lowest BCUT2D eigenvalue weighted by Crippen LogP contribution is -2.34. The number of amides is 1. The predicted molar refractivity (Wildman–Crippen MR) is 28.8 cm³/mol. The van der Waals surface area contributed by atoms with Gasteiger partial charge in [-0.05, 0) is 0 Å². The largest absolute Gasteiger partial charge is 0.403 e. The first-order chi connectivity index (χ1) is 3.72. The Labute approximate surface area is 46.5 Å². The summed E-state index contributed by atoms with van der Waals surface area (Å²) < 4.78 is 0. The molecule has 0 spiro atoms. The summed E-state index contributed by atoms with van der Waals surface area (Å²) in [5, 5.41) is 0. The number of carbonyl (C=O) groups excluding carboxylic acids is 1. The van der Waals surface area contributed by atoms with Gasteiger partial charge in [-0.25, -0.2) is 5.84 Å². The molecule has 0 bridgehead atoms. The predicted octanol–water partition coefficient (Wildman–Crippen LogP) is -2.26. The fraction of sp³-hybridized carbons (Fsp3) is 0. The maximum absolute atomic E-state index is 10.2. The van der Waals surface area contributed by atoms with Gasteiger partial charge in [0, 0.05) is 6.20 Å². The zero-order valence-electron chi connectivity index (χ0n) is 4.22. The third kappa shape index (κ3) is 1.48. The molecule has 5 nitrogen and oxygen atoms in total. The van der Waals surface area contributed by atoms with Crippen LogP contribution in [-0.2, 0) is 4.79 Å². The van der Waals surface area contributed by atoms with Crippen LogP contribution in [0.4, 0.5) is 0 Å². The Hall–Kier alpha value is -1.23. The van der Waals surface area contributed by atoms with Gasteiger partial charge in [0.2, 0.25) is 0 Å². The first kappa shape index (κ1) is 6.77. The molecule has 0 aromatic carbocycles. The third-order valence-electron chi connectivity index (χ3n) is 0.573. The highest BCUT2D eigenvalue weighted by molar-refractivity contribution is 5.91. The fourth-order valence-corrected chi connectivity index (χ4v) is 0.159. The van der Waals surface area contributed by atoms with E-state index in [2.05, 4.69) is 5.84 Å². The van der Waals surface area contributed by atoms with Crippen LogP contribution in [0, 0.1) is 0 Å². The molecule has 0 aromatic heterocycles. The highest BCUT2D eigenvalue weighted by Crippen LogP contribution is 1.73. The quantitative estimate of drug-likeness (QED) is 0.134. The average molecular weight is 116 g/mol. The number of hydrazine groups is 1. The standard InChI is InChI=1S/C3H8N4O/c4-1-2(5)3(8)7-6/h1H,4-6H2,(H,7,8)/b2-1-. The molecule has 0 saturated carbocycles. The van der Waals surface area contributed by atoms with Gasteiger partial charge in [-0.2, -0.15) is 0 Å². The van der Waals surface area contributed by atoms with E-state index in [-0.39, 0.29) is 5.70 Å². The average Bonchev–Trinajstić information content (AvgIpc) is 1.84. The zero-order valence-corrected chi connectivity index (χ0v) is 4.22. The van der Waals surface area contributed by atoms with Crippen molar-refractivity contribution in [1.29, 1.82) is 0 Å².